The van der Waals surface area contributed by atoms with Gasteiger partial charge >= 0.3 is 5.97 Å². The lowest BCUT2D eigenvalue weighted by Gasteiger charge is -2.35. The number of sulfonamides is 1. The van der Waals surface area contributed by atoms with E-state index >= 15 is 0 Å². The van der Waals surface area contributed by atoms with E-state index in [0.29, 0.717) is 28.8 Å². The average molecular weight is 558 g/mol. The van der Waals surface area contributed by atoms with Gasteiger partial charge in [-0.25, -0.2) is 17.5 Å². The summed E-state index contributed by atoms with van der Waals surface area (Å²) in [4.78, 5) is 30.9. The van der Waals surface area contributed by atoms with Crippen LogP contribution in [0, 0.1) is 11.3 Å². The topological polar surface area (TPSA) is 106 Å². The van der Waals surface area contributed by atoms with Crippen LogP contribution < -0.4 is 5.32 Å². The number of pyridine rings is 1. The van der Waals surface area contributed by atoms with Gasteiger partial charge in [-0.15, -0.1) is 0 Å². The van der Waals surface area contributed by atoms with Gasteiger partial charge in [-0.1, -0.05) is 50.6 Å². The summed E-state index contributed by atoms with van der Waals surface area (Å²) in [6.07, 6.45) is 2.46. The summed E-state index contributed by atoms with van der Waals surface area (Å²) < 4.78 is 31.5. The van der Waals surface area contributed by atoms with Gasteiger partial charge in [-0.05, 0) is 60.4 Å². The zero-order valence-corrected chi connectivity index (χ0v) is 23.7. The van der Waals surface area contributed by atoms with Crippen LogP contribution >= 0.6 is 11.6 Å². The minimum absolute atomic E-state index is 0.0255. The predicted molar refractivity (Wildman–Crippen MR) is 148 cm³/mol. The van der Waals surface area contributed by atoms with Gasteiger partial charge in [-0.3, -0.25) is 9.78 Å². The molecule has 2 aromatic carbocycles. The molecule has 0 aliphatic heterocycles. The molecule has 1 unspecified atom stereocenters. The molecule has 38 heavy (non-hydrogen) atoms. The molecule has 1 aromatic heterocycles. The number of amides is 1. The number of hydrogen-bond donors (Lipinski definition) is 1. The number of nitrogens with zero attached hydrogens (tertiary/aromatic N) is 2. The second-order valence-corrected chi connectivity index (χ2v) is 13.3. The first-order valence-electron chi connectivity index (χ1n) is 12.4. The van der Waals surface area contributed by atoms with E-state index < -0.39 is 28.5 Å². The summed E-state index contributed by atoms with van der Waals surface area (Å²) in [5, 5.41) is 3.40. The molecular weight excluding hydrogens is 526 g/mol. The molecule has 0 spiro atoms. The van der Waals surface area contributed by atoms with Gasteiger partial charge < -0.3 is 10.1 Å². The number of para-hydroxylation sites is 1. The van der Waals surface area contributed by atoms with Crippen molar-refractivity contribution in [2.45, 2.75) is 44.9 Å². The summed E-state index contributed by atoms with van der Waals surface area (Å²) in [5.41, 5.74) is 3.11. The van der Waals surface area contributed by atoms with E-state index in [4.69, 9.17) is 21.3 Å². The quantitative estimate of drug-likeness (QED) is 0.423. The standard InChI is InChI=1S/C28H32ClN3O5S/c1-28(2,3)17-10-13-23-20(14-17)26(19-8-6-7-9-22(19)30-23)27(34)37-16-25(33)31-24-15-18(11-12-21(24)29)38(35,36)32(4)5/h6-9,11-12,15,17H,10,13-14,16H2,1-5H3,(H,31,33). The Labute approximate surface area is 228 Å². The number of aromatic nitrogens is 1. The average Bonchev–Trinajstić information content (AvgIpc) is 2.86. The van der Waals surface area contributed by atoms with Gasteiger partial charge in [0.05, 0.1) is 26.7 Å². The number of esters is 1. The summed E-state index contributed by atoms with van der Waals surface area (Å²) >= 11 is 6.19. The van der Waals surface area contributed by atoms with Crippen molar-refractivity contribution in [3.8, 4) is 0 Å². The molecule has 1 N–H and O–H groups in total. The number of rotatable bonds is 6. The van der Waals surface area contributed by atoms with Crippen molar-refractivity contribution in [1.29, 1.82) is 0 Å². The third kappa shape index (κ3) is 5.70. The van der Waals surface area contributed by atoms with Crippen LogP contribution in [0.5, 0.6) is 0 Å². The molecule has 0 saturated heterocycles. The van der Waals surface area contributed by atoms with Gasteiger partial charge in [0.2, 0.25) is 10.0 Å². The number of benzene rings is 2. The first-order valence-corrected chi connectivity index (χ1v) is 14.2. The van der Waals surface area contributed by atoms with Crippen molar-refractivity contribution in [3.63, 3.8) is 0 Å². The maximum absolute atomic E-state index is 13.4. The zero-order valence-electron chi connectivity index (χ0n) is 22.2. The number of carbonyl (C=O) groups excluding carboxylic acids is 2. The summed E-state index contributed by atoms with van der Waals surface area (Å²) in [7, 11) is -0.907. The molecule has 4 rings (SSSR count). The first kappa shape index (κ1) is 28.0. The third-order valence-electron chi connectivity index (χ3n) is 7.01. The summed E-state index contributed by atoms with van der Waals surface area (Å²) in [6, 6.07) is 11.5. The van der Waals surface area contributed by atoms with Crippen LogP contribution in [0.15, 0.2) is 47.4 Å². The highest BCUT2D eigenvalue weighted by Gasteiger charge is 2.33. The monoisotopic (exact) mass is 557 g/mol. The van der Waals surface area contributed by atoms with E-state index in [-0.39, 0.29) is 21.0 Å². The number of carbonyl (C=O) groups is 2. The molecule has 1 atom stereocenters. The van der Waals surface area contributed by atoms with Crippen LogP contribution in [0.3, 0.4) is 0 Å². The van der Waals surface area contributed by atoms with Gasteiger partial charge in [0, 0.05) is 25.2 Å². The van der Waals surface area contributed by atoms with Gasteiger partial charge in [-0.2, -0.15) is 0 Å². The molecule has 1 heterocycles. The first-order chi connectivity index (χ1) is 17.8. The van der Waals surface area contributed by atoms with Crippen LogP contribution in [-0.4, -0.2) is 50.3 Å². The molecule has 0 bridgehead atoms. The maximum atomic E-state index is 13.4. The zero-order chi connectivity index (χ0) is 27.8. The van der Waals surface area contributed by atoms with Crippen LogP contribution in [0.4, 0.5) is 5.69 Å². The molecular formula is C28H32ClN3O5S. The van der Waals surface area contributed by atoms with Crippen LogP contribution in [0.2, 0.25) is 5.02 Å². The molecule has 1 amide bonds. The molecule has 0 saturated carbocycles. The second-order valence-electron chi connectivity index (χ2n) is 10.8. The highest BCUT2D eigenvalue weighted by Crippen LogP contribution is 2.39. The van der Waals surface area contributed by atoms with E-state index in [1.165, 1.54) is 32.3 Å². The molecule has 8 nitrogen and oxygen atoms in total. The number of aryl methyl sites for hydroxylation is 1. The largest absolute Gasteiger partial charge is 0.452 e. The summed E-state index contributed by atoms with van der Waals surface area (Å²) in [5.74, 6) is -0.861. The Hall–Kier alpha value is -3.01. The van der Waals surface area contributed by atoms with Gasteiger partial charge in [0.25, 0.3) is 5.91 Å². The maximum Gasteiger partial charge on any atom is 0.339 e. The molecule has 1 aliphatic carbocycles. The molecule has 0 radical (unpaired) electrons. The van der Waals surface area contributed by atoms with Crippen molar-refractivity contribution < 1.29 is 22.7 Å². The van der Waals surface area contributed by atoms with E-state index in [2.05, 4.69) is 26.1 Å². The Morgan fingerprint density at radius 1 is 1.16 bits per heavy atom. The lowest BCUT2D eigenvalue weighted by Crippen LogP contribution is -2.29. The number of fused-ring (bicyclic) bond motifs is 2. The Morgan fingerprint density at radius 3 is 2.55 bits per heavy atom. The SMILES string of the molecule is CN(C)S(=O)(=O)c1ccc(Cl)c(NC(=O)COC(=O)c2c3c(nc4ccccc24)CCC(C(C)(C)C)C3)c1. The lowest BCUT2D eigenvalue weighted by atomic mass is 9.70. The molecule has 202 valence electrons. The second kappa shape index (κ2) is 10.6. The van der Waals surface area contributed by atoms with Crippen LogP contribution in [-0.2, 0) is 32.4 Å². The van der Waals surface area contributed by atoms with Gasteiger partial charge in [0.15, 0.2) is 6.61 Å². The highest BCUT2D eigenvalue weighted by molar-refractivity contribution is 7.89. The van der Waals surface area contributed by atoms with Crippen molar-refractivity contribution >= 4 is 50.1 Å². The highest BCUT2D eigenvalue weighted by atomic mass is 35.5. The number of halogens is 1. The Balaban J connectivity index is 1.57. The van der Waals surface area contributed by atoms with E-state index in [1.54, 1.807) is 0 Å². The molecule has 1 aliphatic rings. The fraction of sp³-hybridized carbons (Fsp3) is 0.393. The normalized spacial score (nSPS) is 15.8. The molecule has 10 heteroatoms. The van der Waals surface area contributed by atoms with Crippen molar-refractivity contribution in [3.05, 3.63) is 64.3 Å². The van der Waals surface area contributed by atoms with E-state index in [0.717, 1.165) is 28.4 Å². The minimum Gasteiger partial charge on any atom is -0.452 e. The Morgan fingerprint density at radius 2 is 1.87 bits per heavy atom. The Kier molecular flexibility index (Phi) is 7.84. The van der Waals surface area contributed by atoms with E-state index in [1.807, 2.05) is 24.3 Å². The fourth-order valence-electron chi connectivity index (χ4n) is 4.72. The minimum atomic E-state index is -3.73. The van der Waals surface area contributed by atoms with Crippen molar-refractivity contribution in [1.82, 2.24) is 9.29 Å². The fourth-order valence-corrected chi connectivity index (χ4v) is 5.81. The third-order valence-corrected chi connectivity index (χ3v) is 9.15. The van der Waals surface area contributed by atoms with Crippen LogP contribution in [0.1, 0.15) is 48.8 Å². The Bertz CT molecular complexity index is 1510. The smallest absolute Gasteiger partial charge is 0.339 e. The number of hydrogen-bond acceptors (Lipinski definition) is 6. The van der Waals surface area contributed by atoms with Crippen molar-refractivity contribution in [2.75, 3.05) is 26.0 Å². The number of anilines is 1. The molecule has 3 aromatic rings. The summed E-state index contributed by atoms with van der Waals surface area (Å²) in [6.45, 7) is 6.03. The van der Waals surface area contributed by atoms with Gasteiger partial charge in [0.1, 0.15) is 0 Å². The number of nitrogens with one attached hydrogen (secondary N) is 1. The number of ether oxygens (including phenoxy) is 1. The van der Waals surface area contributed by atoms with Crippen molar-refractivity contribution in [2.24, 2.45) is 11.3 Å². The van der Waals surface area contributed by atoms with Crippen LogP contribution in [0.25, 0.3) is 10.9 Å². The van der Waals surface area contributed by atoms with E-state index in [9.17, 15) is 18.0 Å². The molecule has 0 fully saturated rings. The predicted octanol–water partition coefficient (Wildman–Crippen LogP) is 5.09. The lowest BCUT2D eigenvalue weighted by molar-refractivity contribution is -0.119.